The Bertz CT molecular complexity index is 225. The number of rotatable bonds is 2. The molecule has 0 spiro atoms. The van der Waals surface area contributed by atoms with Crippen LogP contribution >= 0.6 is 0 Å². The van der Waals surface area contributed by atoms with Gasteiger partial charge in [0.1, 0.15) is 0 Å². The fraction of sp³-hybridized carbons (Fsp3) is 0.400. The van der Waals surface area contributed by atoms with E-state index in [4.69, 9.17) is 4.43 Å². The van der Waals surface area contributed by atoms with Gasteiger partial charge in [-0.1, -0.05) is 30.3 Å². The van der Waals surface area contributed by atoms with E-state index in [0.29, 0.717) is 0 Å². The van der Waals surface area contributed by atoms with Crippen molar-refractivity contribution < 1.29 is 4.43 Å². The molecule has 0 aliphatic carbocycles. The van der Waals surface area contributed by atoms with E-state index in [0.717, 1.165) is 0 Å². The minimum absolute atomic E-state index is 0.0159. The van der Waals surface area contributed by atoms with Gasteiger partial charge in [0.05, 0.1) is 0 Å². The molecule has 0 aromatic heterocycles. The smallest absolute Gasteiger partial charge is 0.192 e. The summed E-state index contributed by atoms with van der Waals surface area (Å²) in [4.78, 5) is 0. The average Bonchev–Trinajstić information content (AvgIpc) is 2.02. The topological polar surface area (TPSA) is 9.23 Å². The first-order valence-corrected chi connectivity index (χ1v) is 5.54. The summed E-state index contributed by atoms with van der Waals surface area (Å²) >= 11 is 0. The van der Waals surface area contributed by atoms with Gasteiger partial charge in [0.2, 0.25) is 0 Å². The second-order valence-electron chi connectivity index (χ2n) is 3.89. The predicted molar refractivity (Wildman–Crippen MR) is 55.5 cm³/mol. The second-order valence-corrected chi connectivity index (χ2v) is 5.28. The predicted octanol–water partition coefficient (Wildman–Crippen LogP) is 1.21. The lowest BCUT2D eigenvalue weighted by molar-refractivity contribution is 0.142. The molecule has 1 aromatic carbocycles. The molecule has 0 aliphatic rings. The maximum atomic E-state index is 5.75. The molecule has 0 radical (unpaired) electrons. The molecule has 0 amide bonds. The Balaban J connectivity index is 2.44. The van der Waals surface area contributed by atoms with E-state index in [-0.39, 0.29) is 5.60 Å². The fourth-order valence-corrected chi connectivity index (χ4v) is 1.94. The molecule has 0 N–H and O–H groups in total. The summed E-state index contributed by atoms with van der Waals surface area (Å²) in [5.74, 6) is 0. The van der Waals surface area contributed by atoms with Gasteiger partial charge in [0.25, 0.3) is 0 Å². The molecule has 66 valence electrons. The molecule has 0 heterocycles. The van der Waals surface area contributed by atoms with Crippen LogP contribution in [-0.2, 0) is 4.43 Å². The zero-order valence-electron chi connectivity index (χ0n) is 8.00. The van der Waals surface area contributed by atoms with Gasteiger partial charge < -0.3 is 4.43 Å². The zero-order valence-corrected chi connectivity index (χ0v) is 9.42. The molecule has 2 heteroatoms. The normalized spacial score (nSPS) is 12.6. The molecule has 12 heavy (non-hydrogen) atoms. The third-order valence-electron chi connectivity index (χ3n) is 1.51. The first-order valence-electron chi connectivity index (χ1n) is 4.26. The van der Waals surface area contributed by atoms with Crippen molar-refractivity contribution in [1.29, 1.82) is 0 Å². The lowest BCUT2D eigenvalue weighted by Gasteiger charge is -2.19. The lowest BCUT2D eigenvalue weighted by Crippen LogP contribution is -2.28. The molecule has 0 aliphatic heterocycles. The number of hydrogen-bond acceptors (Lipinski definition) is 1. The maximum absolute atomic E-state index is 5.75. The van der Waals surface area contributed by atoms with Crippen LogP contribution in [0.15, 0.2) is 30.3 Å². The van der Waals surface area contributed by atoms with E-state index >= 15 is 0 Å². The van der Waals surface area contributed by atoms with Crippen LogP contribution < -0.4 is 5.19 Å². The SMILES string of the molecule is CC(C)(C)O[SiH2]c1ccccc1. The molecule has 0 bridgehead atoms. The third kappa shape index (κ3) is 3.69. The Morgan fingerprint density at radius 2 is 1.67 bits per heavy atom. The lowest BCUT2D eigenvalue weighted by atomic mass is 10.2. The molecule has 0 saturated carbocycles. The molecule has 1 nitrogen and oxygen atoms in total. The Labute approximate surface area is 76.7 Å². The Hall–Kier alpha value is -0.603. The van der Waals surface area contributed by atoms with Crippen LogP contribution in [0.1, 0.15) is 20.8 Å². The van der Waals surface area contributed by atoms with E-state index in [1.165, 1.54) is 5.19 Å². The van der Waals surface area contributed by atoms with E-state index in [1.807, 2.05) is 6.07 Å². The first kappa shape index (κ1) is 9.48. The van der Waals surface area contributed by atoms with Crippen molar-refractivity contribution in [3.63, 3.8) is 0 Å². The molecule has 0 unspecified atom stereocenters. The summed E-state index contributed by atoms with van der Waals surface area (Å²) in [7, 11) is -0.516. The summed E-state index contributed by atoms with van der Waals surface area (Å²) < 4.78 is 5.75. The fourth-order valence-electron chi connectivity index (χ4n) is 0.874. The Kier molecular flexibility index (Phi) is 3.06. The minimum atomic E-state index is -0.516. The highest BCUT2D eigenvalue weighted by molar-refractivity contribution is 6.46. The summed E-state index contributed by atoms with van der Waals surface area (Å²) in [5.41, 5.74) is 0.0159. The van der Waals surface area contributed by atoms with Crippen LogP contribution in [0.4, 0.5) is 0 Å². The zero-order chi connectivity index (χ0) is 9.03. The van der Waals surface area contributed by atoms with Crippen LogP contribution in [0.25, 0.3) is 0 Å². The summed E-state index contributed by atoms with van der Waals surface area (Å²) in [5, 5.41) is 1.37. The minimum Gasteiger partial charge on any atom is -0.414 e. The van der Waals surface area contributed by atoms with E-state index in [9.17, 15) is 0 Å². The maximum Gasteiger partial charge on any atom is 0.192 e. The monoisotopic (exact) mass is 180 g/mol. The quantitative estimate of drug-likeness (QED) is 0.622. The Morgan fingerprint density at radius 1 is 1.08 bits per heavy atom. The van der Waals surface area contributed by atoms with Crippen molar-refractivity contribution in [2.24, 2.45) is 0 Å². The van der Waals surface area contributed by atoms with Gasteiger partial charge in [0, 0.05) is 5.60 Å². The average molecular weight is 180 g/mol. The van der Waals surface area contributed by atoms with Gasteiger partial charge in [0.15, 0.2) is 9.76 Å². The van der Waals surface area contributed by atoms with Gasteiger partial charge in [-0.05, 0) is 26.0 Å². The number of hydrogen-bond donors (Lipinski definition) is 0. The van der Waals surface area contributed by atoms with Gasteiger partial charge in [-0.3, -0.25) is 0 Å². The van der Waals surface area contributed by atoms with Crippen LogP contribution in [-0.4, -0.2) is 15.4 Å². The highest BCUT2D eigenvalue weighted by atomic mass is 28.2. The molecule has 0 saturated heterocycles. The molecule has 0 fully saturated rings. The summed E-state index contributed by atoms with van der Waals surface area (Å²) in [6.45, 7) is 6.30. The van der Waals surface area contributed by atoms with Crippen LogP contribution in [0.3, 0.4) is 0 Å². The van der Waals surface area contributed by atoms with Gasteiger partial charge >= 0.3 is 0 Å². The summed E-state index contributed by atoms with van der Waals surface area (Å²) in [6, 6.07) is 10.4. The van der Waals surface area contributed by atoms with Crippen LogP contribution in [0.5, 0.6) is 0 Å². The van der Waals surface area contributed by atoms with Gasteiger partial charge in [-0.2, -0.15) is 0 Å². The van der Waals surface area contributed by atoms with E-state index < -0.39 is 9.76 Å². The standard InChI is InChI=1S/C10H16OSi/c1-10(2,3)11-12-9-7-5-4-6-8-9/h4-8H,12H2,1-3H3. The molecular weight excluding hydrogens is 164 g/mol. The molecule has 1 aromatic rings. The van der Waals surface area contributed by atoms with Crippen LogP contribution in [0.2, 0.25) is 0 Å². The highest BCUT2D eigenvalue weighted by Crippen LogP contribution is 2.04. The largest absolute Gasteiger partial charge is 0.414 e. The van der Waals surface area contributed by atoms with Crippen LogP contribution in [0, 0.1) is 0 Å². The van der Waals surface area contributed by atoms with Crippen molar-refractivity contribution in [2.75, 3.05) is 0 Å². The van der Waals surface area contributed by atoms with Crippen molar-refractivity contribution >= 4 is 14.9 Å². The molecular formula is C10H16OSi. The first-order chi connectivity index (χ1) is 5.58. The Morgan fingerprint density at radius 3 is 2.17 bits per heavy atom. The van der Waals surface area contributed by atoms with Crippen molar-refractivity contribution in [2.45, 2.75) is 26.4 Å². The van der Waals surface area contributed by atoms with Crippen molar-refractivity contribution in [1.82, 2.24) is 0 Å². The molecule has 1 rings (SSSR count). The number of benzene rings is 1. The third-order valence-corrected chi connectivity index (χ3v) is 3.33. The van der Waals surface area contributed by atoms with Crippen molar-refractivity contribution in [3.8, 4) is 0 Å². The van der Waals surface area contributed by atoms with E-state index in [1.54, 1.807) is 0 Å². The highest BCUT2D eigenvalue weighted by Gasteiger charge is 2.09. The van der Waals surface area contributed by atoms with Gasteiger partial charge in [-0.25, -0.2) is 0 Å². The summed E-state index contributed by atoms with van der Waals surface area (Å²) in [6.07, 6.45) is 0. The van der Waals surface area contributed by atoms with Crippen molar-refractivity contribution in [3.05, 3.63) is 30.3 Å². The van der Waals surface area contributed by atoms with E-state index in [2.05, 4.69) is 45.0 Å². The molecule has 0 atom stereocenters. The van der Waals surface area contributed by atoms with Gasteiger partial charge in [-0.15, -0.1) is 0 Å². The second kappa shape index (κ2) is 3.87.